The third kappa shape index (κ3) is 7.10. The molecule has 0 bridgehead atoms. The molecule has 1 rings (SSSR count). The maximum absolute atomic E-state index is 5.27. The molecule has 0 saturated carbocycles. The zero-order chi connectivity index (χ0) is 12.3. The number of hydrogen-bond acceptors (Lipinski definition) is 3. The fourth-order valence-electron chi connectivity index (χ4n) is 1.80. The molecule has 0 aliphatic carbocycles. The molecule has 0 fully saturated rings. The maximum Gasteiger partial charge on any atom is 0.114 e. The Morgan fingerprint density at radius 3 is 2.29 bits per heavy atom. The highest BCUT2D eigenvalue weighted by atomic mass is 32.2. The highest BCUT2D eigenvalue weighted by Gasteiger charge is 2.00. The smallest absolute Gasteiger partial charge is 0.114 e. The first-order valence-corrected chi connectivity index (χ1v) is 8.24. The topological polar surface area (TPSA) is 13.1 Å². The second-order valence-electron chi connectivity index (χ2n) is 4.39. The standard InChI is InChI=1S/C14H24OS2/c1-13-14(9-10-15-13)17-12-8-6-4-2-3-5-7-11-16/h9-10,16H,2-8,11-12H2,1H3. The Morgan fingerprint density at radius 2 is 1.71 bits per heavy atom. The first-order chi connectivity index (χ1) is 8.34. The summed E-state index contributed by atoms with van der Waals surface area (Å²) >= 11 is 6.14. The highest BCUT2D eigenvalue weighted by molar-refractivity contribution is 7.99. The Balaban J connectivity index is 1.86. The number of rotatable bonds is 10. The van der Waals surface area contributed by atoms with E-state index in [2.05, 4.69) is 18.7 Å². The molecule has 1 aromatic heterocycles. The second-order valence-corrected chi connectivity index (χ2v) is 5.97. The van der Waals surface area contributed by atoms with Crippen molar-refractivity contribution in [3.8, 4) is 0 Å². The Morgan fingerprint density at radius 1 is 1.06 bits per heavy atom. The predicted molar refractivity (Wildman–Crippen MR) is 80.3 cm³/mol. The molecule has 1 nitrogen and oxygen atoms in total. The lowest BCUT2D eigenvalue weighted by Crippen LogP contribution is -1.84. The molecule has 0 N–H and O–H groups in total. The molecular formula is C14H24OS2. The molecule has 3 heteroatoms. The zero-order valence-corrected chi connectivity index (χ0v) is 12.5. The summed E-state index contributed by atoms with van der Waals surface area (Å²) in [5.74, 6) is 3.32. The van der Waals surface area contributed by atoms with Gasteiger partial charge in [0.2, 0.25) is 0 Å². The summed E-state index contributed by atoms with van der Waals surface area (Å²) in [4.78, 5) is 1.30. The van der Waals surface area contributed by atoms with Gasteiger partial charge in [-0.2, -0.15) is 12.6 Å². The van der Waals surface area contributed by atoms with Crippen LogP contribution in [0, 0.1) is 6.92 Å². The van der Waals surface area contributed by atoms with Crippen molar-refractivity contribution in [3.63, 3.8) is 0 Å². The fourth-order valence-corrected chi connectivity index (χ4v) is 3.00. The molecule has 0 saturated heterocycles. The summed E-state index contributed by atoms with van der Waals surface area (Å²) in [5.41, 5.74) is 0. The van der Waals surface area contributed by atoms with Gasteiger partial charge in [0.15, 0.2) is 0 Å². The van der Waals surface area contributed by atoms with Gasteiger partial charge in [-0.05, 0) is 37.3 Å². The van der Waals surface area contributed by atoms with Gasteiger partial charge in [-0.3, -0.25) is 0 Å². The first kappa shape index (κ1) is 15.0. The number of thioether (sulfide) groups is 1. The van der Waals surface area contributed by atoms with Crippen molar-refractivity contribution >= 4 is 24.4 Å². The number of furan rings is 1. The van der Waals surface area contributed by atoms with Crippen LogP contribution in [0.1, 0.15) is 50.7 Å². The van der Waals surface area contributed by atoms with E-state index in [1.807, 2.05) is 18.7 Å². The molecule has 17 heavy (non-hydrogen) atoms. The largest absolute Gasteiger partial charge is 0.468 e. The van der Waals surface area contributed by atoms with E-state index >= 15 is 0 Å². The van der Waals surface area contributed by atoms with Crippen molar-refractivity contribution in [1.29, 1.82) is 0 Å². The van der Waals surface area contributed by atoms with Crippen LogP contribution >= 0.6 is 24.4 Å². The lowest BCUT2D eigenvalue weighted by Gasteiger charge is -2.01. The fraction of sp³-hybridized carbons (Fsp3) is 0.714. The molecule has 1 heterocycles. The number of unbranched alkanes of at least 4 members (excludes halogenated alkanes) is 6. The summed E-state index contributed by atoms with van der Waals surface area (Å²) < 4.78 is 5.27. The third-order valence-electron chi connectivity index (χ3n) is 2.87. The molecule has 0 aromatic carbocycles. The van der Waals surface area contributed by atoms with Crippen molar-refractivity contribution in [2.24, 2.45) is 0 Å². The van der Waals surface area contributed by atoms with E-state index in [9.17, 15) is 0 Å². The Labute approximate surface area is 115 Å². The molecule has 0 atom stereocenters. The van der Waals surface area contributed by atoms with Gasteiger partial charge in [0.05, 0.1) is 6.26 Å². The van der Waals surface area contributed by atoms with Crippen LogP contribution < -0.4 is 0 Å². The molecule has 0 aliphatic rings. The summed E-state index contributed by atoms with van der Waals surface area (Å²) in [7, 11) is 0. The van der Waals surface area contributed by atoms with E-state index in [1.165, 1.54) is 55.6 Å². The molecule has 0 spiro atoms. The van der Waals surface area contributed by atoms with E-state index in [4.69, 9.17) is 4.42 Å². The van der Waals surface area contributed by atoms with Crippen molar-refractivity contribution in [2.75, 3.05) is 11.5 Å². The van der Waals surface area contributed by atoms with Crippen molar-refractivity contribution in [3.05, 3.63) is 18.1 Å². The van der Waals surface area contributed by atoms with Crippen LogP contribution in [0.4, 0.5) is 0 Å². The van der Waals surface area contributed by atoms with Crippen LogP contribution in [0.15, 0.2) is 21.6 Å². The quantitative estimate of drug-likeness (QED) is 0.351. The number of thiol groups is 1. The van der Waals surface area contributed by atoms with Gasteiger partial charge < -0.3 is 4.42 Å². The Hall–Kier alpha value is -0.0200. The van der Waals surface area contributed by atoms with Gasteiger partial charge in [-0.15, -0.1) is 11.8 Å². The average molecular weight is 272 g/mol. The lowest BCUT2D eigenvalue weighted by molar-refractivity contribution is 0.527. The van der Waals surface area contributed by atoms with Crippen LogP contribution in [-0.4, -0.2) is 11.5 Å². The van der Waals surface area contributed by atoms with Gasteiger partial charge in [-0.25, -0.2) is 0 Å². The molecule has 0 unspecified atom stereocenters. The van der Waals surface area contributed by atoms with Crippen molar-refractivity contribution in [1.82, 2.24) is 0 Å². The van der Waals surface area contributed by atoms with Crippen molar-refractivity contribution < 1.29 is 4.42 Å². The first-order valence-electron chi connectivity index (χ1n) is 6.62. The van der Waals surface area contributed by atoms with Crippen molar-refractivity contribution in [2.45, 2.75) is 56.8 Å². The summed E-state index contributed by atoms with van der Waals surface area (Å²) in [5, 5.41) is 0. The normalized spacial score (nSPS) is 10.9. The summed E-state index contributed by atoms with van der Waals surface area (Å²) in [6, 6.07) is 2.07. The van der Waals surface area contributed by atoms with Crippen LogP contribution in [0.3, 0.4) is 0 Å². The SMILES string of the molecule is Cc1occc1SCCCCCCCCCS. The van der Waals surface area contributed by atoms with Gasteiger partial charge in [0.1, 0.15) is 5.76 Å². The molecule has 0 amide bonds. The van der Waals surface area contributed by atoms with Crippen LogP contribution in [-0.2, 0) is 0 Å². The van der Waals surface area contributed by atoms with E-state index in [0.717, 1.165) is 11.5 Å². The van der Waals surface area contributed by atoms with E-state index in [0.29, 0.717) is 0 Å². The minimum atomic E-state index is 1.04. The minimum absolute atomic E-state index is 1.04. The monoisotopic (exact) mass is 272 g/mol. The van der Waals surface area contributed by atoms with Crippen LogP contribution in [0.5, 0.6) is 0 Å². The summed E-state index contributed by atoms with van der Waals surface area (Å²) in [6.45, 7) is 2.03. The zero-order valence-electron chi connectivity index (χ0n) is 10.8. The lowest BCUT2D eigenvalue weighted by atomic mass is 10.1. The molecule has 0 radical (unpaired) electrons. The second kappa shape index (κ2) is 9.95. The van der Waals surface area contributed by atoms with Crippen LogP contribution in [0.25, 0.3) is 0 Å². The molecular weight excluding hydrogens is 248 g/mol. The number of hydrogen-bond donors (Lipinski definition) is 1. The molecule has 98 valence electrons. The molecule has 0 aliphatic heterocycles. The highest BCUT2D eigenvalue weighted by Crippen LogP contribution is 2.24. The van der Waals surface area contributed by atoms with E-state index in [1.54, 1.807) is 6.26 Å². The van der Waals surface area contributed by atoms with Gasteiger partial charge >= 0.3 is 0 Å². The third-order valence-corrected chi connectivity index (χ3v) is 4.41. The molecule has 1 aromatic rings. The van der Waals surface area contributed by atoms with E-state index < -0.39 is 0 Å². The maximum atomic E-state index is 5.27. The van der Waals surface area contributed by atoms with Crippen LogP contribution in [0.2, 0.25) is 0 Å². The summed E-state index contributed by atoms with van der Waals surface area (Å²) in [6.07, 6.45) is 11.3. The Bertz CT molecular complexity index is 284. The average Bonchev–Trinajstić information content (AvgIpc) is 2.73. The van der Waals surface area contributed by atoms with E-state index in [-0.39, 0.29) is 0 Å². The minimum Gasteiger partial charge on any atom is -0.468 e. The van der Waals surface area contributed by atoms with Gasteiger partial charge in [0.25, 0.3) is 0 Å². The van der Waals surface area contributed by atoms with Gasteiger partial charge in [-0.1, -0.05) is 32.1 Å². The number of aryl methyl sites for hydroxylation is 1. The van der Waals surface area contributed by atoms with Gasteiger partial charge in [0, 0.05) is 4.90 Å². The Kier molecular flexibility index (Phi) is 8.81. The predicted octanol–water partition coefficient (Wildman–Crippen LogP) is 5.34.